The van der Waals surface area contributed by atoms with E-state index in [4.69, 9.17) is 16.3 Å². The molecule has 0 fully saturated rings. The molecule has 2 N–H and O–H groups in total. The number of hydrogen-bond donors (Lipinski definition) is 2. The minimum absolute atomic E-state index is 0.0124. The Labute approximate surface area is 134 Å². The number of halogens is 1. The monoisotopic (exact) mass is 325 g/mol. The summed E-state index contributed by atoms with van der Waals surface area (Å²) in [5.74, 6) is 0.872. The first-order valence-electron chi connectivity index (χ1n) is 6.85. The maximum atomic E-state index is 9.76. The molecule has 0 saturated heterocycles. The molecule has 0 amide bonds. The lowest BCUT2D eigenvalue weighted by Crippen LogP contribution is -2.24. The highest BCUT2D eigenvalue weighted by Crippen LogP contribution is 2.35. The molecule has 2 aromatic rings. The molecular weight excluding hydrogens is 306 g/mol. The van der Waals surface area contributed by atoms with Crippen LogP contribution in [0.2, 0.25) is 5.02 Å². The summed E-state index contributed by atoms with van der Waals surface area (Å²) < 4.78 is 5.13. The van der Waals surface area contributed by atoms with Crippen LogP contribution in [0.25, 0.3) is 0 Å². The Balaban J connectivity index is 2.13. The van der Waals surface area contributed by atoms with Crippen molar-refractivity contribution >= 4 is 22.9 Å². The molecule has 1 aromatic heterocycles. The van der Waals surface area contributed by atoms with Crippen LogP contribution >= 0.6 is 22.9 Å². The van der Waals surface area contributed by atoms with Crippen LogP contribution in [0, 0.1) is 5.92 Å². The minimum atomic E-state index is -0.0124. The van der Waals surface area contributed by atoms with Gasteiger partial charge >= 0.3 is 0 Å². The van der Waals surface area contributed by atoms with E-state index in [0.29, 0.717) is 29.3 Å². The van der Waals surface area contributed by atoms with Crippen molar-refractivity contribution < 1.29 is 9.84 Å². The number of hydrogen-bond acceptors (Lipinski definition) is 4. The van der Waals surface area contributed by atoms with Gasteiger partial charge in [-0.3, -0.25) is 0 Å². The van der Waals surface area contributed by atoms with Gasteiger partial charge in [-0.25, -0.2) is 0 Å². The van der Waals surface area contributed by atoms with E-state index in [1.54, 1.807) is 23.5 Å². The molecular formula is C16H20ClNO2S. The van der Waals surface area contributed by atoms with Gasteiger partial charge in [0.05, 0.1) is 12.1 Å². The normalized spacial score (nSPS) is 12.6. The number of phenols is 1. The molecule has 0 radical (unpaired) electrons. The van der Waals surface area contributed by atoms with Crippen LogP contribution in [0.3, 0.4) is 0 Å². The first-order chi connectivity index (χ1) is 10.0. The Hall–Kier alpha value is -1.23. The lowest BCUT2D eigenvalue weighted by Gasteiger charge is -2.21. The number of aromatic hydroxyl groups is 1. The molecule has 1 heterocycles. The maximum Gasteiger partial charge on any atom is 0.176 e. The summed E-state index contributed by atoms with van der Waals surface area (Å²) in [5.41, 5.74) is 0.983. The predicted molar refractivity (Wildman–Crippen MR) is 88.4 cm³/mol. The number of rotatable bonds is 6. The number of phenolic OH excluding ortho intramolecular Hbond substituents is 1. The standard InChI is InChI=1S/C16H20ClNO2S/c1-10(2)15(14-5-4-6-21-14)18-9-11-7-12(17)16(19)13(8-11)20-3/h4-8,10,15,18-19H,9H2,1-3H3/t15-/m0/s1. The molecule has 1 aromatic carbocycles. The molecule has 0 bridgehead atoms. The quantitative estimate of drug-likeness (QED) is 0.815. The topological polar surface area (TPSA) is 41.5 Å². The Morgan fingerprint density at radius 1 is 1.38 bits per heavy atom. The van der Waals surface area contributed by atoms with Crippen LogP contribution < -0.4 is 10.1 Å². The van der Waals surface area contributed by atoms with Gasteiger partial charge in [-0.1, -0.05) is 31.5 Å². The smallest absolute Gasteiger partial charge is 0.176 e. The lowest BCUT2D eigenvalue weighted by molar-refractivity contribution is 0.372. The van der Waals surface area contributed by atoms with Crippen LogP contribution in [0.1, 0.15) is 30.3 Å². The Morgan fingerprint density at radius 2 is 2.14 bits per heavy atom. The number of nitrogens with one attached hydrogen (secondary N) is 1. The van der Waals surface area contributed by atoms with E-state index in [9.17, 15) is 5.11 Å². The van der Waals surface area contributed by atoms with E-state index >= 15 is 0 Å². The van der Waals surface area contributed by atoms with Gasteiger partial charge in [-0.05, 0) is 35.1 Å². The van der Waals surface area contributed by atoms with Crippen molar-refractivity contribution in [3.05, 3.63) is 45.1 Å². The van der Waals surface area contributed by atoms with Crippen LogP contribution in [0.15, 0.2) is 29.6 Å². The summed E-state index contributed by atoms with van der Waals surface area (Å²) in [7, 11) is 1.52. The molecule has 0 aliphatic rings. The van der Waals surface area contributed by atoms with E-state index in [2.05, 4.69) is 36.7 Å². The van der Waals surface area contributed by atoms with Crippen molar-refractivity contribution in [1.29, 1.82) is 0 Å². The summed E-state index contributed by atoms with van der Waals surface area (Å²) >= 11 is 7.77. The minimum Gasteiger partial charge on any atom is -0.503 e. The van der Waals surface area contributed by atoms with Gasteiger partial charge in [-0.15, -0.1) is 11.3 Å². The fourth-order valence-electron chi connectivity index (χ4n) is 2.25. The van der Waals surface area contributed by atoms with Gasteiger partial charge in [0.2, 0.25) is 0 Å². The van der Waals surface area contributed by atoms with E-state index in [-0.39, 0.29) is 5.75 Å². The second kappa shape index (κ2) is 7.16. The van der Waals surface area contributed by atoms with Crippen molar-refractivity contribution in [1.82, 2.24) is 5.32 Å². The van der Waals surface area contributed by atoms with Crippen molar-refractivity contribution in [2.45, 2.75) is 26.4 Å². The average molecular weight is 326 g/mol. The van der Waals surface area contributed by atoms with Gasteiger partial charge in [0.15, 0.2) is 11.5 Å². The molecule has 0 aliphatic heterocycles. The molecule has 0 aliphatic carbocycles. The number of ether oxygens (including phenoxy) is 1. The first kappa shape index (κ1) is 16.1. The van der Waals surface area contributed by atoms with Crippen molar-refractivity contribution in [2.24, 2.45) is 5.92 Å². The van der Waals surface area contributed by atoms with E-state index in [0.717, 1.165) is 5.56 Å². The maximum absolute atomic E-state index is 9.76. The fraction of sp³-hybridized carbons (Fsp3) is 0.375. The molecule has 0 unspecified atom stereocenters. The molecule has 3 nitrogen and oxygen atoms in total. The summed E-state index contributed by atoms with van der Waals surface area (Å²) in [6.07, 6.45) is 0. The molecule has 0 spiro atoms. The lowest BCUT2D eigenvalue weighted by atomic mass is 10.0. The molecule has 2 rings (SSSR count). The second-order valence-corrected chi connectivity index (χ2v) is 6.63. The fourth-order valence-corrected chi connectivity index (χ4v) is 3.45. The van der Waals surface area contributed by atoms with Crippen LogP contribution in [-0.4, -0.2) is 12.2 Å². The Kier molecular flexibility index (Phi) is 5.51. The van der Waals surface area contributed by atoms with E-state index < -0.39 is 0 Å². The molecule has 0 saturated carbocycles. The third-order valence-electron chi connectivity index (χ3n) is 3.35. The number of methoxy groups -OCH3 is 1. The SMILES string of the molecule is COc1cc(CN[C@H](c2cccs2)C(C)C)cc(Cl)c1O. The molecule has 21 heavy (non-hydrogen) atoms. The van der Waals surface area contributed by atoms with Crippen LogP contribution in [-0.2, 0) is 6.54 Å². The first-order valence-corrected chi connectivity index (χ1v) is 8.10. The highest BCUT2D eigenvalue weighted by Gasteiger charge is 2.17. The second-order valence-electron chi connectivity index (χ2n) is 5.25. The molecule has 114 valence electrons. The zero-order chi connectivity index (χ0) is 15.4. The predicted octanol–water partition coefficient (Wildman–Crippen LogP) is 4.60. The van der Waals surface area contributed by atoms with Gasteiger partial charge in [0, 0.05) is 17.5 Å². The summed E-state index contributed by atoms with van der Waals surface area (Å²) in [4.78, 5) is 1.32. The van der Waals surface area contributed by atoms with Gasteiger partial charge in [0.1, 0.15) is 0 Å². The van der Waals surface area contributed by atoms with E-state index in [1.807, 2.05) is 0 Å². The largest absolute Gasteiger partial charge is 0.503 e. The van der Waals surface area contributed by atoms with E-state index in [1.165, 1.54) is 12.0 Å². The molecule has 1 atom stereocenters. The third-order valence-corrected chi connectivity index (χ3v) is 4.59. The summed E-state index contributed by atoms with van der Waals surface area (Å²) in [6, 6.07) is 8.08. The summed E-state index contributed by atoms with van der Waals surface area (Å²) in [5, 5.41) is 15.7. The van der Waals surface area contributed by atoms with Gasteiger partial charge in [0.25, 0.3) is 0 Å². The average Bonchev–Trinajstić information content (AvgIpc) is 2.96. The highest BCUT2D eigenvalue weighted by molar-refractivity contribution is 7.10. The van der Waals surface area contributed by atoms with Crippen molar-refractivity contribution in [2.75, 3.05) is 7.11 Å². The highest BCUT2D eigenvalue weighted by atomic mass is 35.5. The third kappa shape index (κ3) is 3.90. The number of benzene rings is 1. The van der Waals surface area contributed by atoms with Gasteiger partial charge < -0.3 is 15.2 Å². The van der Waals surface area contributed by atoms with Crippen LogP contribution in [0.5, 0.6) is 11.5 Å². The van der Waals surface area contributed by atoms with Crippen molar-refractivity contribution in [3.8, 4) is 11.5 Å². The zero-order valence-corrected chi connectivity index (χ0v) is 14.0. The van der Waals surface area contributed by atoms with Crippen molar-refractivity contribution in [3.63, 3.8) is 0 Å². The Bertz CT molecular complexity index is 584. The zero-order valence-electron chi connectivity index (χ0n) is 12.4. The van der Waals surface area contributed by atoms with Gasteiger partial charge in [-0.2, -0.15) is 0 Å². The molecule has 5 heteroatoms. The Morgan fingerprint density at radius 3 is 2.71 bits per heavy atom. The number of thiophene rings is 1. The van der Waals surface area contributed by atoms with Crippen LogP contribution in [0.4, 0.5) is 0 Å². The summed E-state index contributed by atoms with van der Waals surface area (Å²) in [6.45, 7) is 5.06.